The Bertz CT molecular complexity index is 1540. The van der Waals surface area contributed by atoms with Crippen LogP contribution in [0.4, 0.5) is 11.4 Å². The number of anilines is 2. The van der Waals surface area contributed by atoms with E-state index in [0.29, 0.717) is 6.61 Å². The molecule has 1 aliphatic rings. The van der Waals surface area contributed by atoms with Gasteiger partial charge in [0.15, 0.2) is 0 Å². The highest BCUT2D eigenvalue weighted by Gasteiger charge is 2.30. The van der Waals surface area contributed by atoms with Gasteiger partial charge in [0.05, 0.1) is 24.0 Å². The average molecular weight is 539 g/mol. The number of pyridine rings is 1. The number of aromatic nitrogens is 1. The van der Waals surface area contributed by atoms with E-state index in [2.05, 4.69) is 92.3 Å². The maximum Gasteiger partial charge on any atom is 0.129 e. The number of nitrogens with one attached hydrogen (secondary N) is 1. The quantitative estimate of drug-likeness (QED) is 0.256. The third-order valence-electron chi connectivity index (χ3n) is 8.27. The molecule has 0 radical (unpaired) electrons. The van der Waals surface area contributed by atoms with Gasteiger partial charge in [0.1, 0.15) is 18.1 Å². The molecule has 3 aromatic carbocycles. The van der Waals surface area contributed by atoms with Gasteiger partial charge in [-0.3, -0.25) is 9.88 Å². The van der Waals surface area contributed by atoms with Crippen LogP contribution < -0.4 is 20.5 Å². The average Bonchev–Trinajstić information content (AvgIpc) is 3.11. The van der Waals surface area contributed by atoms with Gasteiger partial charge in [-0.15, -0.1) is 0 Å². The summed E-state index contributed by atoms with van der Waals surface area (Å²) in [6.07, 6.45) is 1.80. The Morgan fingerprint density at radius 1 is 1.10 bits per heavy atom. The Labute approximate surface area is 238 Å². The zero-order chi connectivity index (χ0) is 28.6. The van der Waals surface area contributed by atoms with E-state index in [4.69, 9.17) is 15.2 Å². The highest BCUT2D eigenvalue weighted by atomic mass is 16.5. The van der Waals surface area contributed by atoms with Gasteiger partial charge in [0.2, 0.25) is 0 Å². The molecule has 5 rings (SSSR count). The Kier molecular flexibility index (Phi) is 7.65. The summed E-state index contributed by atoms with van der Waals surface area (Å²) in [4.78, 5) is 7.06. The number of nitrogens with two attached hydrogens (primary N) is 1. The van der Waals surface area contributed by atoms with Gasteiger partial charge in [0.25, 0.3) is 0 Å². The smallest absolute Gasteiger partial charge is 0.129 e. The minimum absolute atomic E-state index is 0.00931. The van der Waals surface area contributed by atoms with Gasteiger partial charge >= 0.3 is 0 Å². The molecule has 1 unspecified atom stereocenters. The normalized spacial score (nSPS) is 14.8. The number of ether oxygens (including phenoxy) is 2. The van der Waals surface area contributed by atoms with E-state index in [9.17, 15) is 0 Å². The molecule has 1 atom stereocenters. The van der Waals surface area contributed by atoms with Crippen molar-refractivity contribution < 1.29 is 9.47 Å². The summed E-state index contributed by atoms with van der Waals surface area (Å²) in [5.74, 6) is 1.94. The Balaban J connectivity index is 1.47. The van der Waals surface area contributed by atoms with Crippen molar-refractivity contribution in [3.05, 3.63) is 88.1 Å². The van der Waals surface area contributed by atoms with Crippen LogP contribution in [-0.2, 0) is 13.1 Å². The number of hydrogen-bond acceptors (Lipinski definition) is 6. The van der Waals surface area contributed by atoms with E-state index in [0.717, 1.165) is 64.5 Å². The van der Waals surface area contributed by atoms with Crippen molar-refractivity contribution in [2.45, 2.75) is 53.6 Å². The monoisotopic (exact) mass is 538 g/mol. The minimum Gasteiger partial charge on any atom is -0.496 e. The van der Waals surface area contributed by atoms with Crippen molar-refractivity contribution in [3.63, 3.8) is 0 Å². The van der Waals surface area contributed by atoms with Crippen LogP contribution in [0.15, 0.2) is 54.7 Å². The highest BCUT2D eigenvalue weighted by Crippen LogP contribution is 2.44. The van der Waals surface area contributed by atoms with Crippen LogP contribution >= 0.6 is 0 Å². The van der Waals surface area contributed by atoms with Crippen LogP contribution in [0.2, 0.25) is 0 Å². The molecule has 2 heterocycles. The number of nitrogens with zero attached hydrogens (tertiary/aromatic N) is 2. The van der Waals surface area contributed by atoms with Gasteiger partial charge in [-0.25, -0.2) is 0 Å². The largest absolute Gasteiger partial charge is 0.496 e. The summed E-state index contributed by atoms with van der Waals surface area (Å²) < 4.78 is 11.8. The van der Waals surface area contributed by atoms with E-state index in [1.807, 2.05) is 13.1 Å². The molecule has 1 aliphatic heterocycles. The van der Waals surface area contributed by atoms with Crippen molar-refractivity contribution >= 4 is 22.3 Å². The third kappa shape index (κ3) is 5.33. The molecular formula is C34H42N4O2. The first-order valence-corrected chi connectivity index (χ1v) is 14.1. The predicted octanol–water partition coefficient (Wildman–Crippen LogP) is 7.06. The van der Waals surface area contributed by atoms with Crippen molar-refractivity contribution in [3.8, 4) is 11.5 Å². The molecule has 0 saturated heterocycles. The topological polar surface area (TPSA) is 72.6 Å². The van der Waals surface area contributed by atoms with Gasteiger partial charge in [-0.2, -0.15) is 0 Å². The summed E-state index contributed by atoms with van der Waals surface area (Å²) in [7, 11) is 3.61. The number of benzene rings is 3. The fraction of sp³-hybridized carbons (Fsp3) is 0.382. The van der Waals surface area contributed by atoms with E-state index < -0.39 is 0 Å². The lowest BCUT2D eigenvalue weighted by Crippen LogP contribution is -2.26. The van der Waals surface area contributed by atoms with Crippen LogP contribution in [-0.4, -0.2) is 37.2 Å². The Morgan fingerprint density at radius 2 is 1.90 bits per heavy atom. The first kappa shape index (κ1) is 27.8. The number of rotatable bonds is 6. The molecule has 1 aromatic heterocycles. The maximum absolute atomic E-state index is 6.54. The Hall–Kier alpha value is -3.77. The van der Waals surface area contributed by atoms with Crippen LogP contribution in [0.5, 0.6) is 11.5 Å². The first-order valence-electron chi connectivity index (χ1n) is 14.1. The second-order valence-electron chi connectivity index (χ2n) is 12.0. The van der Waals surface area contributed by atoms with Crippen molar-refractivity contribution in [1.29, 1.82) is 0 Å². The molecule has 6 heteroatoms. The standard InChI is InChI=1S/C34H42N4O2/c1-21-8-9-23(32(34(3,4)5)26-10-11-28(36-6)33(35)22(26)2)16-24(21)19-38-14-15-40-31-18-27-29(17-25(31)20-38)37-13-12-30(27)39-7/h8-13,16-18,32,36H,14-15,19-20,35H2,1-7H3. The fourth-order valence-electron chi connectivity index (χ4n) is 6.07. The summed E-state index contributed by atoms with van der Waals surface area (Å²) >= 11 is 0. The summed E-state index contributed by atoms with van der Waals surface area (Å²) in [6, 6.07) is 17.4. The van der Waals surface area contributed by atoms with Gasteiger partial charge in [-0.05, 0) is 71.3 Å². The number of aryl methyl sites for hydroxylation is 1. The number of fused-ring (bicyclic) bond motifs is 2. The molecule has 210 valence electrons. The molecule has 0 amide bonds. The SMILES string of the molecule is CNc1ccc(C(c2ccc(C)c(CN3CCOc4cc5c(OC)ccnc5cc4C3)c2)C(C)(C)C)c(C)c1N. The summed E-state index contributed by atoms with van der Waals surface area (Å²) in [5.41, 5.74) is 16.8. The lowest BCUT2D eigenvalue weighted by Gasteiger charge is -2.34. The zero-order valence-corrected chi connectivity index (χ0v) is 24.9. The lowest BCUT2D eigenvalue weighted by molar-refractivity contribution is 0.219. The molecule has 40 heavy (non-hydrogen) atoms. The van der Waals surface area contributed by atoms with E-state index in [-0.39, 0.29) is 11.3 Å². The number of methoxy groups -OCH3 is 1. The summed E-state index contributed by atoms with van der Waals surface area (Å²) in [5, 5.41) is 4.20. The molecule has 0 spiro atoms. The molecule has 3 N–H and O–H groups in total. The molecular weight excluding hydrogens is 496 g/mol. The number of nitrogen functional groups attached to an aromatic ring is 1. The van der Waals surface area contributed by atoms with Crippen LogP contribution in [0.3, 0.4) is 0 Å². The zero-order valence-electron chi connectivity index (χ0n) is 24.9. The van der Waals surface area contributed by atoms with Gasteiger partial charge in [0, 0.05) is 49.7 Å². The second-order valence-corrected chi connectivity index (χ2v) is 12.0. The Morgan fingerprint density at radius 3 is 2.62 bits per heavy atom. The van der Waals surface area contributed by atoms with E-state index in [1.165, 1.54) is 22.3 Å². The fourth-order valence-corrected chi connectivity index (χ4v) is 6.07. The van der Waals surface area contributed by atoms with Crippen LogP contribution in [0.25, 0.3) is 10.9 Å². The summed E-state index contributed by atoms with van der Waals surface area (Å²) in [6.45, 7) is 14.4. The minimum atomic E-state index is 0.00931. The molecule has 0 saturated carbocycles. The highest BCUT2D eigenvalue weighted by molar-refractivity contribution is 5.87. The van der Waals surface area contributed by atoms with Crippen LogP contribution in [0, 0.1) is 19.3 Å². The van der Waals surface area contributed by atoms with Crippen molar-refractivity contribution in [1.82, 2.24) is 9.88 Å². The van der Waals surface area contributed by atoms with Crippen molar-refractivity contribution in [2.75, 3.05) is 38.4 Å². The third-order valence-corrected chi connectivity index (χ3v) is 8.27. The first-order chi connectivity index (χ1) is 19.1. The van der Waals surface area contributed by atoms with Crippen molar-refractivity contribution in [2.24, 2.45) is 5.41 Å². The molecule has 0 aliphatic carbocycles. The van der Waals surface area contributed by atoms with Crippen LogP contribution in [0.1, 0.15) is 60.1 Å². The van der Waals surface area contributed by atoms with Gasteiger partial charge < -0.3 is 20.5 Å². The lowest BCUT2D eigenvalue weighted by atomic mass is 9.71. The predicted molar refractivity (Wildman–Crippen MR) is 166 cm³/mol. The molecule has 6 nitrogen and oxygen atoms in total. The molecule has 4 aromatic rings. The number of hydrogen-bond donors (Lipinski definition) is 2. The van der Waals surface area contributed by atoms with E-state index >= 15 is 0 Å². The molecule has 0 fully saturated rings. The maximum atomic E-state index is 6.54. The molecule has 0 bridgehead atoms. The van der Waals surface area contributed by atoms with E-state index in [1.54, 1.807) is 13.3 Å². The van der Waals surface area contributed by atoms with Gasteiger partial charge in [-0.1, -0.05) is 45.0 Å². The second kappa shape index (κ2) is 11.0.